The molecule has 2 aromatic rings. The summed E-state index contributed by atoms with van der Waals surface area (Å²) in [6, 6.07) is 7.86. The van der Waals surface area contributed by atoms with Crippen molar-refractivity contribution in [3.05, 3.63) is 88.7 Å². The molecule has 2 aromatic carbocycles. The van der Waals surface area contributed by atoms with Gasteiger partial charge in [0.15, 0.2) is 0 Å². The van der Waals surface area contributed by atoms with E-state index >= 15 is 0 Å². The molecule has 1 aliphatic carbocycles. The number of amidine groups is 1. The number of benzene rings is 2. The van der Waals surface area contributed by atoms with E-state index in [9.17, 15) is 27.6 Å². The number of nitrogens with zero attached hydrogens (tertiary/aromatic N) is 3. The Hall–Kier alpha value is -3.63. The molecule has 1 saturated heterocycles. The Labute approximate surface area is 251 Å². The van der Waals surface area contributed by atoms with Crippen LogP contribution in [0, 0.1) is 5.82 Å². The molecular formula is C30H29Cl2F3N4O3. The number of hydrogen-bond donors (Lipinski definition) is 1. The van der Waals surface area contributed by atoms with E-state index in [2.05, 4.69) is 16.9 Å². The first kappa shape index (κ1) is 31.3. The van der Waals surface area contributed by atoms with Gasteiger partial charge in [0.1, 0.15) is 23.7 Å². The lowest BCUT2D eigenvalue weighted by atomic mass is 9.87. The summed E-state index contributed by atoms with van der Waals surface area (Å²) < 4.78 is 41.8. The lowest BCUT2D eigenvalue weighted by Crippen LogP contribution is -2.56. The molecule has 7 nitrogen and oxygen atoms in total. The zero-order valence-electron chi connectivity index (χ0n) is 22.7. The number of carbonyl (C=O) groups excluding carboxylic acids is 3. The highest BCUT2D eigenvalue weighted by atomic mass is 35.5. The van der Waals surface area contributed by atoms with E-state index in [0.717, 1.165) is 11.0 Å². The minimum atomic E-state index is -2.91. The van der Waals surface area contributed by atoms with Gasteiger partial charge in [0.05, 0.1) is 0 Å². The number of carbonyl (C=O) groups is 3. The Morgan fingerprint density at radius 2 is 1.95 bits per heavy atom. The second kappa shape index (κ2) is 13.1. The fourth-order valence-electron chi connectivity index (χ4n) is 5.11. The van der Waals surface area contributed by atoms with E-state index in [1.165, 1.54) is 48.4 Å². The van der Waals surface area contributed by atoms with Gasteiger partial charge in [0.25, 0.3) is 11.8 Å². The Morgan fingerprint density at radius 3 is 2.57 bits per heavy atom. The predicted octanol–water partition coefficient (Wildman–Crippen LogP) is 6.19. The van der Waals surface area contributed by atoms with E-state index in [0.29, 0.717) is 11.5 Å². The first-order valence-corrected chi connectivity index (χ1v) is 14.0. The Kier molecular flexibility index (Phi) is 9.78. The van der Waals surface area contributed by atoms with Crippen LogP contribution in [-0.4, -0.2) is 53.5 Å². The van der Waals surface area contributed by atoms with Crippen molar-refractivity contribution in [1.82, 2.24) is 10.2 Å². The summed E-state index contributed by atoms with van der Waals surface area (Å²) >= 11 is 12.8. The summed E-state index contributed by atoms with van der Waals surface area (Å²) in [6.07, 6.45) is 2.28. The number of alkyl halides is 2. The molecule has 1 N–H and O–H groups in total. The van der Waals surface area contributed by atoms with Gasteiger partial charge < -0.3 is 5.32 Å². The van der Waals surface area contributed by atoms with Gasteiger partial charge in [-0.25, -0.2) is 13.2 Å². The summed E-state index contributed by atoms with van der Waals surface area (Å²) in [5.41, 5.74) is 0.197. The molecular weight excluding hydrogens is 592 g/mol. The Morgan fingerprint density at radius 1 is 1.24 bits per heavy atom. The second-order valence-electron chi connectivity index (χ2n) is 10.1. The Balaban J connectivity index is 1.82. The molecule has 3 amide bonds. The molecule has 42 heavy (non-hydrogen) atoms. The molecule has 12 heteroatoms. The van der Waals surface area contributed by atoms with Crippen molar-refractivity contribution in [3.8, 4) is 0 Å². The lowest BCUT2D eigenvalue weighted by molar-refractivity contribution is -0.134. The van der Waals surface area contributed by atoms with Crippen LogP contribution in [0.4, 0.5) is 18.9 Å². The number of nitrogens with one attached hydrogen (secondary N) is 1. The molecule has 1 heterocycles. The van der Waals surface area contributed by atoms with E-state index < -0.39 is 60.4 Å². The van der Waals surface area contributed by atoms with Crippen molar-refractivity contribution < 1.29 is 27.6 Å². The predicted molar refractivity (Wildman–Crippen MR) is 156 cm³/mol. The number of amides is 3. The quantitative estimate of drug-likeness (QED) is 0.206. The molecule has 0 radical (unpaired) electrons. The minimum absolute atomic E-state index is 0.000548. The minimum Gasteiger partial charge on any atom is -0.351 e. The van der Waals surface area contributed by atoms with Crippen molar-refractivity contribution in [1.29, 1.82) is 0 Å². The maximum Gasteiger partial charge on any atom is 0.252 e. The van der Waals surface area contributed by atoms with E-state index in [1.807, 2.05) is 0 Å². The summed E-state index contributed by atoms with van der Waals surface area (Å²) in [5.74, 6) is -5.37. The third-order valence-corrected chi connectivity index (χ3v) is 7.67. The SMILES string of the molecule is C=CC/C(Cl)=C\C(=N/C)N1C(=O)CC[C@H]1C(=O)N(c1cccc(F)c1)[C@H](C(=O)NC1CC(F)(F)C1)c1ccccc1Cl. The smallest absolute Gasteiger partial charge is 0.252 e. The zero-order valence-corrected chi connectivity index (χ0v) is 24.2. The van der Waals surface area contributed by atoms with Crippen LogP contribution in [0.2, 0.25) is 5.02 Å². The van der Waals surface area contributed by atoms with Gasteiger partial charge in [-0.05, 0) is 36.8 Å². The number of hydrogen-bond acceptors (Lipinski definition) is 4. The second-order valence-corrected chi connectivity index (χ2v) is 11.0. The number of likely N-dealkylation sites (tertiary alicyclic amines) is 1. The third kappa shape index (κ3) is 6.87. The molecule has 0 aromatic heterocycles. The highest BCUT2D eigenvalue weighted by molar-refractivity contribution is 6.32. The summed E-state index contributed by atoms with van der Waals surface area (Å²) in [6.45, 7) is 3.64. The molecule has 2 fully saturated rings. The molecule has 222 valence electrons. The van der Waals surface area contributed by atoms with Gasteiger partial charge >= 0.3 is 0 Å². The van der Waals surface area contributed by atoms with Crippen LogP contribution < -0.4 is 10.2 Å². The van der Waals surface area contributed by atoms with Crippen molar-refractivity contribution in [3.63, 3.8) is 0 Å². The molecule has 1 saturated carbocycles. The number of anilines is 1. The molecule has 4 rings (SSSR count). The maximum atomic E-state index is 14.5. The van der Waals surface area contributed by atoms with Crippen LogP contribution in [0.15, 0.2) is 77.3 Å². The van der Waals surface area contributed by atoms with Crippen molar-refractivity contribution in [2.75, 3.05) is 11.9 Å². The van der Waals surface area contributed by atoms with Crippen LogP contribution in [0.5, 0.6) is 0 Å². The van der Waals surface area contributed by atoms with Gasteiger partial charge in [-0.15, -0.1) is 6.58 Å². The van der Waals surface area contributed by atoms with Gasteiger partial charge in [0, 0.05) is 60.1 Å². The lowest BCUT2D eigenvalue weighted by Gasteiger charge is -2.39. The fourth-order valence-corrected chi connectivity index (χ4v) is 5.56. The monoisotopic (exact) mass is 620 g/mol. The van der Waals surface area contributed by atoms with Crippen molar-refractivity contribution in [2.45, 2.75) is 56.2 Å². The molecule has 0 bridgehead atoms. The summed E-state index contributed by atoms with van der Waals surface area (Å²) in [5, 5.41) is 3.04. The summed E-state index contributed by atoms with van der Waals surface area (Å²) in [7, 11) is 1.44. The van der Waals surface area contributed by atoms with E-state index in [1.54, 1.807) is 18.2 Å². The van der Waals surface area contributed by atoms with Crippen LogP contribution in [-0.2, 0) is 14.4 Å². The molecule has 1 aliphatic heterocycles. The Bertz CT molecular complexity index is 1440. The van der Waals surface area contributed by atoms with Crippen LogP contribution in [0.25, 0.3) is 0 Å². The molecule has 2 atom stereocenters. The van der Waals surface area contributed by atoms with E-state index in [-0.39, 0.29) is 35.0 Å². The first-order chi connectivity index (χ1) is 20.0. The normalized spacial score (nSPS) is 19.7. The number of allylic oxidation sites excluding steroid dienone is 2. The van der Waals surface area contributed by atoms with Gasteiger partial charge in [0.2, 0.25) is 11.8 Å². The standard InChI is InChI=1S/C30H29Cl2F3N4O3/c1-3-7-18(31)14-25(36-2)39-24(12-13-26(39)40)29(42)38(21-9-6-8-19(33)15-21)27(22-10-4-5-11-23(22)32)28(41)37-20-16-30(34,35)17-20/h3-6,8-11,14-15,20,24,27H,1,7,12-13,16-17H2,2H3,(H,37,41)/b18-14+,36-25+/t24-,27-/m0/s1. The highest BCUT2D eigenvalue weighted by Crippen LogP contribution is 2.39. The maximum absolute atomic E-state index is 14.5. The van der Waals surface area contributed by atoms with Crippen LogP contribution >= 0.6 is 23.2 Å². The van der Waals surface area contributed by atoms with Crippen molar-refractivity contribution >= 4 is 52.4 Å². The van der Waals surface area contributed by atoms with Crippen molar-refractivity contribution in [2.24, 2.45) is 4.99 Å². The number of aliphatic imine (C=N–C) groups is 1. The van der Waals surface area contributed by atoms with Gasteiger partial charge in [-0.3, -0.25) is 29.2 Å². The average molecular weight is 621 g/mol. The topological polar surface area (TPSA) is 82.1 Å². The van der Waals surface area contributed by atoms with Crippen LogP contribution in [0.3, 0.4) is 0 Å². The number of halogens is 5. The zero-order chi connectivity index (χ0) is 30.6. The highest BCUT2D eigenvalue weighted by Gasteiger charge is 2.48. The molecule has 0 unspecified atom stereocenters. The largest absolute Gasteiger partial charge is 0.351 e. The number of rotatable bonds is 9. The third-order valence-electron chi connectivity index (χ3n) is 7.06. The fraction of sp³-hybridized carbons (Fsp3) is 0.333. The first-order valence-electron chi connectivity index (χ1n) is 13.2. The molecule has 0 spiro atoms. The van der Waals surface area contributed by atoms with E-state index in [4.69, 9.17) is 23.2 Å². The van der Waals surface area contributed by atoms with Gasteiger partial charge in [-0.1, -0.05) is 53.5 Å². The van der Waals surface area contributed by atoms with Gasteiger partial charge in [-0.2, -0.15) is 0 Å². The average Bonchev–Trinajstić information content (AvgIpc) is 3.30. The summed E-state index contributed by atoms with van der Waals surface area (Å²) in [4.78, 5) is 47.8. The van der Waals surface area contributed by atoms with Crippen LogP contribution in [0.1, 0.15) is 43.7 Å². The molecule has 2 aliphatic rings.